The van der Waals surface area contributed by atoms with E-state index in [0.29, 0.717) is 12.3 Å². The van der Waals surface area contributed by atoms with Gasteiger partial charge in [-0.1, -0.05) is 37.3 Å². The van der Waals surface area contributed by atoms with E-state index < -0.39 is 0 Å². The zero-order chi connectivity index (χ0) is 15.2. The summed E-state index contributed by atoms with van der Waals surface area (Å²) in [7, 11) is 1.97. The van der Waals surface area contributed by atoms with E-state index in [9.17, 15) is 9.90 Å². The normalized spacial score (nSPS) is 17.5. The van der Waals surface area contributed by atoms with Gasteiger partial charge < -0.3 is 10.4 Å². The Morgan fingerprint density at radius 3 is 2.57 bits per heavy atom. The van der Waals surface area contributed by atoms with Crippen LogP contribution in [0.2, 0.25) is 0 Å². The van der Waals surface area contributed by atoms with Crippen LogP contribution in [0.3, 0.4) is 0 Å². The Morgan fingerprint density at radius 1 is 1.38 bits per heavy atom. The van der Waals surface area contributed by atoms with E-state index in [2.05, 4.69) is 12.2 Å². The molecule has 1 aromatic carbocycles. The fourth-order valence-electron chi connectivity index (χ4n) is 2.75. The van der Waals surface area contributed by atoms with Gasteiger partial charge in [-0.25, -0.2) is 0 Å². The highest BCUT2D eigenvalue weighted by Gasteiger charge is 2.34. The lowest BCUT2D eigenvalue weighted by molar-refractivity contribution is -0.127. The van der Waals surface area contributed by atoms with Crippen molar-refractivity contribution in [3.8, 4) is 0 Å². The molecule has 21 heavy (non-hydrogen) atoms. The molecule has 2 unspecified atom stereocenters. The summed E-state index contributed by atoms with van der Waals surface area (Å²) in [5, 5.41) is 12.3. The summed E-state index contributed by atoms with van der Waals surface area (Å²) < 4.78 is 0. The number of carbonyl (C=O) groups excluding carboxylic acids is 1. The smallest absolute Gasteiger partial charge is 0.242 e. The van der Waals surface area contributed by atoms with Crippen LogP contribution in [0, 0.1) is 5.92 Å². The van der Waals surface area contributed by atoms with Crippen LogP contribution in [0.5, 0.6) is 0 Å². The molecule has 1 amide bonds. The summed E-state index contributed by atoms with van der Waals surface area (Å²) in [6.45, 7) is 2.98. The summed E-state index contributed by atoms with van der Waals surface area (Å²) in [6, 6.07) is 9.72. The fourth-order valence-corrected chi connectivity index (χ4v) is 2.75. The minimum atomic E-state index is -0.267. The molecule has 4 nitrogen and oxygen atoms in total. The maximum absolute atomic E-state index is 12.7. The molecule has 0 aromatic heterocycles. The van der Waals surface area contributed by atoms with Gasteiger partial charge in [0.15, 0.2) is 0 Å². The molecule has 1 aliphatic carbocycles. The predicted octanol–water partition coefficient (Wildman–Crippen LogP) is 1.96. The Kier molecular flexibility index (Phi) is 5.76. The maximum atomic E-state index is 12.7. The molecular weight excluding hydrogens is 264 g/mol. The number of aliphatic hydroxyl groups is 1. The topological polar surface area (TPSA) is 52.6 Å². The van der Waals surface area contributed by atoms with Crippen molar-refractivity contribution in [2.24, 2.45) is 5.92 Å². The van der Waals surface area contributed by atoms with Gasteiger partial charge in [0.05, 0.1) is 0 Å². The molecule has 0 spiro atoms. The van der Waals surface area contributed by atoms with Crippen LogP contribution in [0.25, 0.3) is 0 Å². The number of aliphatic hydroxyl groups excluding tert-OH is 1. The van der Waals surface area contributed by atoms with E-state index in [1.807, 2.05) is 42.3 Å². The molecule has 0 bridgehead atoms. The van der Waals surface area contributed by atoms with Crippen molar-refractivity contribution < 1.29 is 9.90 Å². The molecule has 2 atom stereocenters. The molecule has 1 aliphatic rings. The monoisotopic (exact) mass is 290 g/mol. The Bertz CT molecular complexity index is 445. The summed E-state index contributed by atoms with van der Waals surface area (Å²) in [5.41, 5.74) is 1.01. The summed E-state index contributed by atoms with van der Waals surface area (Å²) in [4.78, 5) is 14.8. The number of rotatable bonds is 8. The Balaban J connectivity index is 2.10. The molecule has 1 aromatic rings. The molecule has 116 valence electrons. The molecule has 0 saturated heterocycles. The third-order valence-corrected chi connectivity index (χ3v) is 4.26. The molecule has 1 saturated carbocycles. The highest BCUT2D eigenvalue weighted by atomic mass is 16.3. The van der Waals surface area contributed by atoms with E-state index in [1.165, 1.54) is 0 Å². The Hall–Kier alpha value is -1.39. The van der Waals surface area contributed by atoms with Gasteiger partial charge in [-0.15, -0.1) is 0 Å². The first-order valence-electron chi connectivity index (χ1n) is 7.83. The Labute approximate surface area is 127 Å². The predicted molar refractivity (Wildman–Crippen MR) is 83.8 cm³/mol. The second-order valence-corrected chi connectivity index (χ2v) is 5.85. The average Bonchev–Trinajstić information content (AvgIpc) is 3.32. The van der Waals surface area contributed by atoms with E-state index in [0.717, 1.165) is 24.9 Å². The molecule has 0 heterocycles. The van der Waals surface area contributed by atoms with Crippen molar-refractivity contribution in [3.05, 3.63) is 35.9 Å². The lowest BCUT2D eigenvalue weighted by Crippen LogP contribution is -2.44. The van der Waals surface area contributed by atoms with Gasteiger partial charge in [0.1, 0.15) is 6.04 Å². The number of hydrogen-bond acceptors (Lipinski definition) is 3. The van der Waals surface area contributed by atoms with Crippen molar-refractivity contribution in [2.75, 3.05) is 20.2 Å². The molecule has 0 aliphatic heterocycles. The maximum Gasteiger partial charge on any atom is 0.242 e. The molecule has 2 N–H and O–H groups in total. The van der Waals surface area contributed by atoms with Crippen LogP contribution in [-0.4, -0.2) is 42.2 Å². The zero-order valence-electron chi connectivity index (χ0n) is 13.0. The minimum absolute atomic E-state index is 0.0379. The third kappa shape index (κ3) is 4.29. The van der Waals surface area contributed by atoms with Crippen LogP contribution in [0.4, 0.5) is 0 Å². The van der Waals surface area contributed by atoms with Crippen LogP contribution in [-0.2, 0) is 4.79 Å². The van der Waals surface area contributed by atoms with Gasteiger partial charge in [0, 0.05) is 12.6 Å². The number of likely N-dealkylation sites (N-methyl/N-ethyl adjacent to an activating group) is 1. The zero-order valence-corrected chi connectivity index (χ0v) is 13.0. The number of nitrogens with zero attached hydrogens (tertiary/aromatic N) is 1. The third-order valence-electron chi connectivity index (χ3n) is 4.26. The molecule has 1 fully saturated rings. The number of hydrogen-bond donors (Lipinski definition) is 2. The van der Waals surface area contributed by atoms with Gasteiger partial charge in [-0.3, -0.25) is 9.69 Å². The van der Waals surface area contributed by atoms with Crippen molar-refractivity contribution >= 4 is 5.91 Å². The first kappa shape index (κ1) is 16.0. The van der Waals surface area contributed by atoms with Gasteiger partial charge >= 0.3 is 0 Å². The van der Waals surface area contributed by atoms with Crippen molar-refractivity contribution in [1.82, 2.24) is 10.2 Å². The van der Waals surface area contributed by atoms with Crippen LogP contribution < -0.4 is 5.32 Å². The number of amides is 1. The second kappa shape index (κ2) is 7.57. The fraction of sp³-hybridized carbons (Fsp3) is 0.588. The van der Waals surface area contributed by atoms with Gasteiger partial charge in [-0.05, 0) is 44.3 Å². The van der Waals surface area contributed by atoms with Gasteiger partial charge in [0.2, 0.25) is 5.91 Å². The number of nitrogens with one attached hydrogen (secondary N) is 1. The quantitative estimate of drug-likeness (QED) is 0.769. The standard InChI is InChI=1S/C17H26N2O2/c1-3-19(2)16(14-7-5-4-6-8-14)17(21)18-15(11-12-20)13-9-10-13/h4-8,13,15-16,20H,3,9-12H2,1-2H3,(H,18,21). The number of carbonyl (C=O) groups is 1. The number of benzene rings is 1. The minimum Gasteiger partial charge on any atom is -0.396 e. The van der Waals surface area contributed by atoms with E-state index >= 15 is 0 Å². The van der Waals surface area contributed by atoms with Gasteiger partial charge in [0.25, 0.3) is 0 Å². The summed E-state index contributed by atoms with van der Waals surface area (Å²) >= 11 is 0. The lowest BCUT2D eigenvalue weighted by atomic mass is 10.0. The first-order valence-corrected chi connectivity index (χ1v) is 7.83. The SMILES string of the molecule is CCN(C)C(C(=O)NC(CCO)C1CC1)c1ccccc1. The van der Waals surface area contributed by atoms with E-state index in [4.69, 9.17) is 0 Å². The van der Waals surface area contributed by atoms with Crippen LogP contribution in [0.15, 0.2) is 30.3 Å². The van der Waals surface area contributed by atoms with Gasteiger partial charge in [-0.2, -0.15) is 0 Å². The second-order valence-electron chi connectivity index (χ2n) is 5.85. The van der Waals surface area contributed by atoms with E-state index in [-0.39, 0.29) is 24.6 Å². The molecule has 2 rings (SSSR count). The van der Waals surface area contributed by atoms with E-state index in [1.54, 1.807) is 0 Å². The van der Waals surface area contributed by atoms with Crippen LogP contribution >= 0.6 is 0 Å². The average molecular weight is 290 g/mol. The highest BCUT2D eigenvalue weighted by Crippen LogP contribution is 2.34. The summed E-state index contributed by atoms with van der Waals surface area (Å²) in [6.07, 6.45) is 2.96. The van der Waals surface area contributed by atoms with Crippen LogP contribution in [0.1, 0.15) is 37.8 Å². The van der Waals surface area contributed by atoms with Crippen molar-refractivity contribution in [3.63, 3.8) is 0 Å². The first-order chi connectivity index (χ1) is 10.2. The highest BCUT2D eigenvalue weighted by molar-refractivity contribution is 5.83. The summed E-state index contributed by atoms with van der Waals surface area (Å²) in [5.74, 6) is 0.584. The lowest BCUT2D eigenvalue weighted by Gasteiger charge is -2.28. The largest absolute Gasteiger partial charge is 0.396 e. The molecule has 0 radical (unpaired) electrons. The molecule has 4 heteroatoms. The van der Waals surface area contributed by atoms with Crippen molar-refractivity contribution in [2.45, 2.75) is 38.3 Å². The Morgan fingerprint density at radius 2 is 2.05 bits per heavy atom. The molecular formula is C17H26N2O2. The van der Waals surface area contributed by atoms with Crippen molar-refractivity contribution in [1.29, 1.82) is 0 Å².